The van der Waals surface area contributed by atoms with Gasteiger partial charge in [-0.1, -0.05) is 11.6 Å². The van der Waals surface area contributed by atoms with Crippen LogP contribution in [0.15, 0.2) is 35.0 Å². The van der Waals surface area contributed by atoms with E-state index >= 15 is 0 Å². The Labute approximate surface area is 114 Å². The Morgan fingerprint density at radius 2 is 2.28 bits per heavy atom. The molecule has 0 saturated carbocycles. The second-order valence-corrected chi connectivity index (χ2v) is 4.88. The Bertz CT molecular complexity index is 540. The first-order chi connectivity index (χ1) is 8.70. The molecule has 0 amide bonds. The van der Waals surface area contributed by atoms with Crippen LogP contribution in [0.5, 0.6) is 0 Å². The molecule has 3 nitrogen and oxygen atoms in total. The summed E-state index contributed by atoms with van der Waals surface area (Å²) < 4.78 is 4.73. The molecule has 0 aliphatic heterocycles. The van der Waals surface area contributed by atoms with Crippen LogP contribution in [0.1, 0.15) is 15.9 Å². The smallest absolute Gasteiger partial charge is 0.340 e. The molecular formula is C13H12ClNO2S. The first-order valence-corrected chi connectivity index (χ1v) is 6.65. The highest BCUT2D eigenvalue weighted by atomic mass is 35.5. The molecular weight excluding hydrogens is 270 g/mol. The lowest BCUT2D eigenvalue weighted by molar-refractivity contribution is 0.0602. The second kappa shape index (κ2) is 5.89. The fourth-order valence-electron chi connectivity index (χ4n) is 1.54. The summed E-state index contributed by atoms with van der Waals surface area (Å²) >= 11 is 7.52. The summed E-state index contributed by atoms with van der Waals surface area (Å²) in [5.74, 6) is -0.398. The van der Waals surface area contributed by atoms with Crippen molar-refractivity contribution in [2.75, 3.05) is 12.4 Å². The molecule has 1 heterocycles. The SMILES string of the molecule is COC(=O)c1cc(Cl)ccc1NCc1ccsc1. The van der Waals surface area contributed by atoms with Gasteiger partial charge in [-0.25, -0.2) is 4.79 Å². The highest BCUT2D eigenvalue weighted by molar-refractivity contribution is 7.07. The van der Waals surface area contributed by atoms with E-state index in [0.29, 0.717) is 17.1 Å². The molecule has 0 radical (unpaired) electrons. The molecule has 0 fully saturated rings. The van der Waals surface area contributed by atoms with Crippen LogP contribution in [0.25, 0.3) is 0 Å². The summed E-state index contributed by atoms with van der Waals surface area (Å²) in [6.07, 6.45) is 0. The topological polar surface area (TPSA) is 38.3 Å². The summed E-state index contributed by atoms with van der Waals surface area (Å²) in [5.41, 5.74) is 2.34. The van der Waals surface area contributed by atoms with Crippen LogP contribution in [0, 0.1) is 0 Å². The Balaban J connectivity index is 2.18. The summed E-state index contributed by atoms with van der Waals surface area (Å²) in [6.45, 7) is 0.662. The largest absolute Gasteiger partial charge is 0.465 e. The predicted molar refractivity (Wildman–Crippen MR) is 74.4 cm³/mol. The van der Waals surface area contributed by atoms with Crippen molar-refractivity contribution in [3.8, 4) is 0 Å². The highest BCUT2D eigenvalue weighted by Crippen LogP contribution is 2.22. The second-order valence-electron chi connectivity index (χ2n) is 3.67. The molecule has 0 saturated heterocycles. The van der Waals surface area contributed by atoms with E-state index in [1.807, 2.05) is 11.4 Å². The standard InChI is InChI=1S/C13H12ClNO2S/c1-17-13(16)11-6-10(14)2-3-12(11)15-7-9-4-5-18-8-9/h2-6,8,15H,7H2,1H3. The number of hydrogen-bond donors (Lipinski definition) is 1. The monoisotopic (exact) mass is 281 g/mol. The maximum absolute atomic E-state index is 11.6. The average Bonchev–Trinajstić information content (AvgIpc) is 2.89. The number of rotatable bonds is 4. The van der Waals surface area contributed by atoms with Gasteiger partial charge in [0.2, 0.25) is 0 Å². The average molecular weight is 282 g/mol. The molecule has 2 aromatic rings. The van der Waals surface area contributed by atoms with Crippen molar-refractivity contribution in [1.82, 2.24) is 0 Å². The van der Waals surface area contributed by atoms with Gasteiger partial charge in [-0.3, -0.25) is 0 Å². The number of methoxy groups -OCH3 is 1. The highest BCUT2D eigenvalue weighted by Gasteiger charge is 2.12. The van der Waals surface area contributed by atoms with Crippen LogP contribution >= 0.6 is 22.9 Å². The minimum absolute atomic E-state index is 0.398. The molecule has 1 N–H and O–H groups in total. The van der Waals surface area contributed by atoms with Gasteiger partial charge in [0.05, 0.1) is 12.7 Å². The predicted octanol–water partition coefficient (Wildman–Crippen LogP) is 3.80. The lowest BCUT2D eigenvalue weighted by atomic mass is 10.1. The molecule has 1 aromatic carbocycles. The van der Waals surface area contributed by atoms with Crippen LogP contribution < -0.4 is 5.32 Å². The fraction of sp³-hybridized carbons (Fsp3) is 0.154. The zero-order chi connectivity index (χ0) is 13.0. The van der Waals surface area contributed by atoms with Crippen LogP contribution in [-0.2, 0) is 11.3 Å². The van der Waals surface area contributed by atoms with Gasteiger partial charge in [0.25, 0.3) is 0 Å². The van der Waals surface area contributed by atoms with E-state index in [1.165, 1.54) is 12.7 Å². The normalized spacial score (nSPS) is 10.1. The molecule has 5 heteroatoms. The number of nitrogens with one attached hydrogen (secondary N) is 1. The number of carbonyl (C=O) groups excluding carboxylic acids is 1. The molecule has 18 heavy (non-hydrogen) atoms. The minimum Gasteiger partial charge on any atom is -0.465 e. The Morgan fingerprint density at radius 1 is 1.44 bits per heavy atom. The van der Waals surface area contributed by atoms with Gasteiger partial charge in [-0.2, -0.15) is 11.3 Å². The molecule has 0 aliphatic rings. The number of benzene rings is 1. The number of ether oxygens (including phenoxy) is 1. The molecule has 0 unspecified atom stereocenters. The number of esters is 1. The molecule has 0 aliphatic carbocycles. The molecule has 0 spiro atoms. The van der Waals surface area contributed by atoms with Gasteiger partial charge in [0, 0.05) is 17.3 Å². The van der Waals surface area contributed by atoms with Crippen molar-refractivity contribution in [3.63, 3.8) is 0 Å². The van der Waals surface area contributed by atoms with E-state index in [1.54, 1.807) is 29.5 Å². The molecule has 94 valence electrons. The van der Waals surface area contributed by atoms with Crippen molar-refractivity contribution in [3.05, 3.63) is 51.2 Å². The van der Waals surface area contributed by atoms with Crippen molar-refractivity contribution in [2.24, 2.45) is 0 Å². The van der Waals surface area contributed by atoms with Crippen molar-refractivity contribution in [2.45, 2.75) is 6.54 Å². The summed E-state index contributed by atoms with van der Waals surface area (Å²) in [7, 11) is 1.35. The molecule has 0 bridgehead atoms. The first kappa shape index (κ1) is 12.9. The van der Waals surface area contributed by atoms with E-state index in [2.05, 4.69) is 10.7 Å². The van der Waals surface area contributed by atoms with E-state index in [9.17, 15) is 4.79 Å². The third kappa shape index (κ3) is 3.03. The lowest BCUT2D eigenvalue weighted by Gasteiger charge is -2.10. The van der Waals surface area contributed by atoms with Gasteiger partial charge >= 0.3 is 5.97 Å². The maximum atomic E-state index is 11.6. The Kier molecular flexibility index (Phi) is 4.23. The number of halogens is 1. The van der Waals surface area contributed by atoms with Crippen molar-refractivity contribution >= 4 is 34.6 Å². The van der Waals surface area contributed by atoms with Gasteiger partial charge in [0.1, 0.15) is 0 Å². The number of anilines is 1. The zero-order valence-electron chi connectivity index (χ0n) is 9.77. The quantitative estimate of drug-likeness (QED) is 0.866. The van der Waals surface area contributed by atoms with Gasteiger partial charge in [0.15, 0.2) is 0 Å². The molecule has 1 aromatic heterocycles. The maximum Gasteiger partial charge on any atom is 0.340 e. The van der Waals surface area contributed by atoms with Crippen LogP contribution in [0.4, 0.5) is 5.69 Å². The fourth-order valence-corrected chi connectivity index (χ4v) is 2.38. The molecule has 2 rings (SSSR count). The number of hydrogen-bond acceptors (Lipinski definition) is 4. The molecule has 0 atom stereocenters. The van der Waals surface area contributed by atoms with E-state index in [-0.39, 0.29) is 0 Å². The Morgan fingerprint density at radius 3 is 2.94 bits per heavy atom. The van der Waals surface area contributed by atoms with Crippen molar-refractivity contribution < 1.29 is 9.53 Å². The third-order valence-corrected chi connectivity index (χ3v) is 3.42. The van der Waals surface area contributed by atoms with Crippen LogP contribution in [0.3, 0.4) is 0 Å². The van der Waals surface area contributed by atoms with Crippen molar-refractivity contribution in [1.29, 1.82) is 0 Å². The first-order valence-electron chi connectivity index (χ1n) is 5.33. The van der Waals surface area contributed by atoms with E-state index < -0.39 is 5.97 Å². The zero-order valence-corrected chi connectivity index (χ0v) is 11.3. The number of thiophene rings is 1. The number of carbonyl (C=O) groups is 1. The summed E-state index contributed by atoms with van der Waals surface area (Å²) in [5, 5.41) is 7.79. The summed E-state index contributed by atoms with van der Waals surface area (Å²) in [6, 6.07) is 7.15. The van der Waals surface area contributed by atoms with Crippen LogP contribution in [0.2, 0.25) is 5.02 Å². The Hall–Kier alpha value is -1.52. The van der Waals surface area contributed by atoms with Gasteiger partial charge < -0.3 is 10.1 Å². The van der Waals surface area contributed by atoms with E-state index in [4.69, 9.17) is 16.3 Å². The van der Waals surface area contributed by atoms with E-state index in [0.717, 1.165) is 5.69 Å². The third-order valence-electron chi connectivity index (χ3n) is 2.45. The van der Waals surface area contributed by atoms with Gasteiger partial charge in [-0.05, 0) is 40.6 Å². The minimum atomic E-state index is -0.398. The van der Waals surface area contributed by atoms with Gasteiger partial charge in [-0.15, -0.1) is 0 Å². The van der Waals surface area contributed by atoms with Crippen LogP contribution in [-0.4, -0.2) is 13.1 Å². The lowest BCUT2D eigenvalue weighted by Crippen LogP contribution is -2.08. The summed E-state index contributed by atoms with van der Waals surface area (Å²) in [4.78, 5) is 11.6.